The third-order valence-electron chi connectivity index (χ3n) is 5.15. The first-order valence-corrected chi connectivity index (χ1v) is 7.80. The van der Waals surface area contributed by atoms with Gasteiger partial charge >= 0.3 is 0 Å². The average Bonchev–Trinajstić information content (AvgIpc) is 2.55. The minimum atomic E-state index is 1.32. The zero-order valence-corrected chi connectivity index (χ0v) is 12.8. The molecular weight excluding hydrogens is 264 g/mol. The molecule has 0 saturated heterocycles. The summed E-state index contributed by atoms with van der Waals surface area (Å²) < 4.78 is 0. The summed E-state index contributed by atoms with van der Waals surface area (Å²) in [5.74, 6) is 0. The van der Waals surface area contributed by atoms with Gasteiger partial charge in [-0.15, -0.1) is 0 Å². The largest absolute Gasteiger partial charge is 0.0616 e. The van der Waals surface area contributed by atoms with E-state index >= 15 is 0 Å². The molecule has 104 valence electrons. The Hall–Kier alpha value is -2.60. The number of hydrogen-bond acceptors (Lipinski definition) is 0. The van der Waals surface area contributed by atoms with Crippen molar-refractivity contribution in [2.45, 2.75) is 13.8 Å². The van der Waals surface area contributed by atoms with Gasteiger partial charge in [0.15, 0.2) is 0 Å². The molecule has 0 aliphatic carbocycles. The van der Waals surface area contributed by atoms with Crippen LogP contribution in [-0.2, 0) is 0 Å². The standard InChI is InChI=1S/C22H16/c1-13-11-16-8-10-20-19-6-4-3-5-15(19)12-17-7-9-18(14(13)2)21(16)22(17)20/h3-12H,1-2H3. The molecule has 0 heteroatoms. The van der Waals surface area contributed by atoms with Crippen LogP contribution in [0.4, 0.5) is 0 Å². The summed E-state index contributed by atoms with van der Waals surface area (Å²) in [7, 11) is 0. The van der Waals surface area contributed by atoms with Crippen LogP contribution in [0.2, 0.25) is 0 Å². The molecule has 0 fully saturated rings. The molecule has 0 atom stereocenters. The molecule has 0 unspecified atom stereocenters. The summed E-state index contributed by atoms with van der Waals surface area (Å²) in [4.78, 5) is 0. The van der Waals surface area contributed by atoms with Crippen molar-refractivity contribution < 1.29 is 0 Å². The molecule has 5 aromatic carbocycles. The van der Waals surface area contributed by atoms with E-state index < -0.39 is 0 Å². The molecule has 0 N–H and O–H groups in total. The van der Waals surface area contributed by atoms with Crippen LogP contribution in [0.1, 0.15) is 11.1 Å². The molecule has 0 aliphatic heterocycles. The second kappa shape index (κ2) is 3.98. The molecule has 22 heavy (non-hydrogen) atoms. The van der Waals surface area contributed by atoms with Crippen LogP contribution in [0.25, 0.3) is 43.1 Å². The fourth-order valence-corrected chi connectivity index (χ4v) is 3.92. The van der Waals surface area contributed by atoms with E-state index in [1.807, 2.05) is 0 Å². The molecule has 0 spiro atoms. The zero-order chi connectivity index (χ0) is 14.8. The van der Waals surface area contributed by atoms with Gasteiger partial charge in [-0.25, -0.2) is 0 Å². The van der Waals surface area contributed by atoms with Gasteiger partial charge in [0.1, 0.15) is 0 Å². The van der Waals surface area contributed by atoms with Crippen molar-refractivity contribution in [3.63, 3.8) is 0 Å². The van der Waals surface area contributed by atoms with Crippen LogP contribution in [0, 0.1) is 13.8 Å². The number of benzene rings is 5. The van der Waals surface area contributed by atoms with Gasteiger partial charge in [-0.3, -0.25) is 0 Å². The lowest BCUT2D eigenvalue weighted by Crippen LogP contribution is -1.90. The van der Waals surface area contributed by atoms with Crippen LogP contribution in [-0.4, -0.2) is 0 Å². The van der Waals surface area contributed by atoms with Crippen LogP contribution in [0.5, 0.6) is 0 Å². The Morgan fingerprint density at radius 1 is 0.545 bits per heavy atom. The second-order valence-corrected chi connectivity index (χ2v) is 6.34. The van der Waals surface area contributed by atoms with Crippen LogP contribution in [0.3, 0.4) is 0 Å². The monoisotopic (exact) mass is 280 g/mol. The molecule has 5 aromatic rings. The minimum absolute atomic E-state index is 1.32. The van der Waals surface area contributed by atoms with Gasteiger partial charge in [0.25, 0.3) is 0 Å². The predicted molar refractivity (Wildman–Crippen MR) is 97.1 cm³/mol. The zero-order valence-electron chi connectivity index (χ0n) is 12.8. The molecule has 0 saturated carbocycles. The fraction of sp³-hybridized carbons (Fsp3) is 0.0909. The van der Waals surface area contributed by atoms with Crippen LogP contribution >= 0.6 is 0 Å². The predicted octanol–water partition coefficient (Wildman–Crippen LogP) is 6.35. The second-order valence-electron chi connectivity index (χ2n) is 6.34. The van der Waals surface area contributed by atoms with Crippen molar-refractivity contribution in [1.82, 2.24) is 0 Å². The molecule has 0 aromatic heterocycles. The molecule has 0 nitrogen and oxygen atoms in total. The van der Waals surface area contributed by atoms with E-state index in [4.69, 9.17) is 0 Å². The summed E-state index contributed by atoms with van der Waals surface area (Å²) in [6.45, 7) is 4.44. The third kappa shape index (κ3) is 1.37. The molecule has 0 aliphatic rings. The Kier molecular flexibility index (Phi) is 2.17. The lowest BCUT2D eigenvalue weighted by Gasteiger charge is -2.15. The maximum Gasteiger partial charge on any atom is -0.00202 e. The number of aryl methyl sites for hydroxylation is 2. The summed E-state index contributed by atoms with van der Waals surface area (Å²) in [6.07, 6.45) is 0. The van der Waals surface area contributed by atoms with Crippen molar-refractivity contribution in [3.05, 3.63) is 71.8 Å². The maximum absolute atomic E-state index is 2.33. The van der Waals surface area contributed by atoms with Gasteiger partial charge in [0, 0.05) is 0 Å². The lowest BCUT2D eigenvalue weighted by atomic mass is 9.88. The minimum Gasteiger partial charge on any atom is -0.0616 e. The normalized spacial score (nSPS) is 12.1. The van der Waals surface area contributed by atoms with E-state index in [1.54, 1.807) is 0 Å². The van der Waals surface area contributed by atoms with Crippen LogP contribution < -0.4 is 0 Å². The summed E-state index contributed by atoms with van der Waals surface area (Å²) >= 11 is 0. The quantitative estimate of drug-likeness (QED) is 0.229. The van der Waals surface area contributed by atoms with Gasteiger partial charge in [-0.05, 0) is 74.1 Å². The van der Waals surface area contributed by atoms with Crippen molar-refractivity contribution in [2.75, 3.05) is 0 Å². The number of hydrogen-bond donors (Lipinski definition) is 0. The van der Waals surface area contributed by atoms with E-state index in [2.05, 4.69) is 74.5 Å². The maximum atomic E-state index is 2.33. The van der Waals surface area contributed by atoms with Gasteiger partial charge in [0.2, 0.25) is 0 Å². The fourth-order valence-electron chi connectivity index (χ4n) is 3.92. The first-order chi connectivity index (χ1) is 10.7. The number of rotatable bonds is 0. The van der Waals surface area contributed by atoms with E-state index in [0.29, 0.717) is 0 Å². The third-order valence-corrected chi connectivity index (χ3v) is 5.15. The Morgan fingerprint density at radius 3 is 2.09 bits per heavy atom. The highest BCUT2D eigenvalue weighted by molar-refractivity contribution is 6.29. The highest BCUT2D eigenvalue weighted by atomic mass is 14.2. The van der Waals surface area contributed by atoms with Gasteiger partial charge < -0.3 is 0 Å². The molecule has 0 radical (unpaired) electrons. The number of fused-ring (bicyclic) bond motifs is 2. The van der Waals surface area contributed by atoms with Gasteiger partial charge in [0.05, 0.1) is 0 Å². The van der Waals surface area contributed by atoms with Crippen molar-refractivity contribution in [3.8, 4) is 0 Å². The Labute approximate surface area is 129 Å². The average molecular weight is 280 g/mol. The Bertz CT molecular complexity index is 1180. The SMILES string of the molecule is Cc1cc2ccc3c4ccccc4cc4ccc(c1C)c2c43. The first kappa shape index (κ1) is 12.0. The van der Waals surface area contributed by atoms with Crippen LogP contribution in [0.15, 0.2) is 60.7 Å². The van der Waals surface area contributed by atoms with E-state index in [9.17, 15) is 0 Å². The van der Waals surface area contributed by atoms with Gasteiger partial charge in [-0.2, -0.15) is 0 Å². The molecule has 0 amide bonds. The van der Waals surface area contributed by atoms with Crippen molar-refractivity contribution in [1.29, 1.82) is 0 Å². The smallest absolute Gasteiger partial charge is 0.00202 e. The Morgan fingerprint density at radius 2 is 1.23 bits per heavy atom. The first-order valence-electron chi connectivity index (χ1n) is 7.80. The van der Waals surface area contributed by atoms with Crippen molar-refractivity contribution in [2.24, 2.45) is 0 Å². The van der Waals surface area contributed by atoms with E-state index in [0.717, 1.165) is 0 Å². The summed E-state index contributed by atoms with van der Waals surface area (Å²) in [5.41, 5.74) is 2.77. The topological polar surface area (TPSA) is 0 Å². The summed E-state index contributed by atoms with van der Waals surface area (Å²) in [5, 5.41) is 11.0. The highest BCUT2D eigenvalue weighted by Gasteiger charge is 2.12. The van der Waals surface area contributed by atoms with Gasteiger partial charge in [-0.1, -0.05) is 54.6 Å². The Balaban J connectivity index is 2.19. The molecule has 0 bridgehead atoms. The molecule has 0 heterocycles. The molecular formula is C22H16. The molecule has 5 rings (SSSR count). The van der Waals surface area contributed by atoms with E-state index in [1.165, 1.54) is 54.2 Å². The van der Waals surface area contributed by atoms with Crippen molar-refractivity contribution >= 4 is 43.1 Å². The highest BCUT2D eigenvalue weighted by Crippen LogP contribution is 2.39. The lowest BCUT2D eigenvalue weighted by molar-refractivity contribution is 1.39. The van der Waals surface area contributed by atoms with E-state index in [-0.39, 0.29) is 0 Å². The summed E-state index contributed by atoms with van der Waals surface area (Å²) in [6, 6.07) is 22.5.